The van der Waals surface area contributed by atoms with E-state index in [9.17, 15) is 4.79 Å². The highest BCUT2D eigenvalue weighted by molar-refractivity contribution is 5.69. The molecule has 0 aromatic heterocycles. The Kier molecular flexibility index (Phi) is 19.8. The molecular formula is C23H40O4. The lowest BCUT2D eigenvalue weighted by atomic mass is 10.1. The van der Waals surface area contributed by atoms with Gasteiger partial charge in [-0.15, -0.1) is 0 Å². The van der Waals surface area contributed by atoms with Crippen LogP contribution in [0.4, 0.5) is 0 Å². The van der Waals surface area contributed by atoms with E-state index in [1.807, 2.05) is 0 Å². The summed E-state index contributed by atoms with van der Waals surface area (Å²) in [5, 5.41) is 0. The highest BCUT2D eigenvalue weighted by Gasteiger charge is 2.13. The molecule has 0 saturated heterocycles. The van der Waals surface area contributed by atoms with Crippen molar-refractivity contribution in [3.8, 4) is 0 Å². The lowest BCUT2D eigenvalue weighted by Crippen LogP contribution is -2.27. The van der Waals surface area contributed by atoms with E-state index in [1.165, 1.54) is 19.3 Å². The molecule has 0 rings (SSSR count). The van der Waals surface area contributed by atoms with Crippen molar-refractivity contribution in [2.24, 2.45) is 0 Å². The second-order valence-corrected chi connectivity index (χ2v) is 6.62. The first kappa shape index (κ1) is 25.6. The van der Waals surface area contributed by atoms with Gasteiger partial charge in [0.15, 0.2) is 0 Å². The maximum Gasteiger partial charge on any atom is 0.306 e. The summed E-state index contributed by atoms with van der Waals surface area (Å²) in [6.45, 7) is 2.90. The van der Waals surface area contributed by atoms with Gasteiger partial charge in [0.25, 0.3) is 0 Å². The molecule has 0 amide bonds. The number of hydrogen-bond acceptors (Lipinski definition) is 4. The van der Waals surface area contributed by atoms with Crippen LogP contribution in [0.2, 0.25) is 0 Å². The van der Waals surface area contributed by atoms with Gasteiger partial charge in [0.2, 0.25) is 0 Å². The standard InChI is InChI=1S/C23H40O4/c1-4-5-6-7-8-9-10-11-12-13-14-15-16-17-18-19-23(24)27-22(20-25-2)21-26-3/h5-6,8-9,11-12,22H,4,7,10,13-21H2,1-3H3/b6-5-,9-8-,12-11-. The Balaban J connectivity index is 3.49. The number of esters is 1. The van der Waals surface area contributed by atoms with Crippen molar-refractivity contribution in [1.29, 1.82) is 0 Å². The normalized spacial score (nSPS) is 12.1. The smallest absolute Gasteiger partial charge is 0.306 e. The highest BCUT2D eigenvalue weighted by Crippen LogP contribution is 2.09. The van der Waals surface area contributed by atoms with E-state index in [4.69, 9.17) is 14.2 Å². The summed E-state index contributed by atoms with van der Waals surface area (Å²) in [6.07, 6.45) is 23.4. The van der Waals surface area contributed by atoms with Crippen molar-refractivity contribution in [2.45, 2.75) is 77.2 Å². The number of allylic oxidation sites excluding steroid dienone is 6. The van der Waals surface area contributed by atoms with Crippen LogP contribution in [0.1, 0.15) is 71.1 Å². The average Bonchev–Trinajstić information content (AvgIpc) is 2.65. The predicted octanol–water partition coefficient (Wildman–Crippen LogP) is 5.78. The molecule has 0 atom stereocenters. The highest BCUT2D eigenvalue weighted by atomic mass is 16.6. The maximum absolute atomic E-state index is 11.8. The third kappa shape index (κ3) is 19.2. The van der Waals surface area contributed by atoms with Gasteiger partial charge in [0, 0.05) is 20.6 Å². The van der Waals surface area contributed by atoms with Gasteiger partial charge in [-0.2, -0.15) is 0 Å². The van der Waals surface area contributed by atoms with Crippen molar-refractivity contribution >= 4 is 5.97 Å². The summed E-state index contributed by atoms with van der Waals surface area (Å²) in [6, 6.07) is 0. The summed E-state index contributed by atoms with van der Waals surface area (Å²) >= 11 is 0. The molecule has 0 spiro atoms. The Morgan fingerprint density at radius 2 is 1.33 bits per heavy atom. The van der Waals surface area contributed by atoms with Crippen LogP contribution >= 0.6 is 0 Å². The van der Waals surface area contributed by atoms with Gasteiger partial charge in [-0.1, -0.05) is 62.6 Å². The van der Waals surface area contributed by atoms with E-state index in [-0.39, 0.29) is 12.1 Å². The summed E-state index contributed by atoms with van der Waals surface area (Å²) in [5.74, 6) is -0.157. The average molecular weight is 381 g/mol. The number of ether oxygens (including phenoxy) is 3. The number of rotatable bonds is 18. The Hall–Kier alpha value is -1.39. The van der Waals surface area contributed by atoms with Crippen molar-refractivity contribution in [2.75, 3.05) is 27.4 Å². The van der Waals surface area contributed by atoms with Crippen LogP contribution in [0.3, 0.4) is 0 Å². The topological polar surface area (TPSA) is 44.8 Å². The van der Waals surface area contributed by atoms with Gasteiger partial charge >= 0.3 is 5.97 Å². The van der Waals surface area contributed by atoms with E-state index in [0.29, 0.717) is 19.6 Å². The van der Waals surface area contributed by atoms with E-state index in [2.05, 4.69) is 43.4 Å². The quantitative estimate of drug-likeness (QED) is 0.172. The monoisotopic (exact) mass is 380 g/mol. The van der Waals surface area contributed by atoms with Crippen molar-refractivity contribution in [3.63, 3.8) is 0 Å². The number of carbonyl (C=O) groups is 1. The molecule has 0 saturated carbocycles. The van der Waals surface area contributed by atoms with Crippen LogP contribution in [0.5, 0.6) is 0 Å². The predicted molar refractivity (Wildman–Crippen MR) is 113 cm³/mol. The fraction of sp³-hybridized carbons (Fsp3) is 0.696. The molecule has 0 aromatic carbocycles. The maximum atomic E-state index is 11.8. The van der Waals surface area contributed by atoms with E-state index < -0.39 is 0 Å². The SMILES string of the molecule is CC/C=C\C/C=C\C/C=C\CCCCCCCC(=O)OC(COC)COC. The van der Waals surface area contributed by atoms with Gasteiger partial charge in [-0.05, 0) is 38.5 Å². The second-order valence-electron chi connectivity index (χ2n) is 6.62. The molecular weight excluding hydrogens is 340 g/mol. The number of methoxy groups -OCH3 is 2. The van der Waals surface area contributed by atoms with Crippen LogP contribution in [0.15, 0.2) is 36.5 Å². The van der Waals surface area contributed by atoms with Crippen LogP contribution in [0, 0.1) is 0 Å². The molecule has 4 nitrogen and oxygen atoms in total. The zero-order chi connectivity index (χ0) is 20.0. The molecule has 0 aliphatic heterocycles. The van der Waals surface area contributed by atoms with Crippen LogP contribution < -0.4 is 0 Å². The van der Waals surface area contributed by atoms with Crippen molar-refractivity contribution in [1.82, 2.24) is 0 Å². The molecule has 4 heteroatoms. The fourth-order valence-corrected chi connectivity index (χ4v) is 2.62. The van der Waals surface area contributed by atoms with Gasteiger partial charge in [0.1, 0.15) is 6.10 Å². The Morgan fingerprint density at radius 1 is 0.778 bits per heavy atom. The Bertz CT molecular complexity index is 407. The third-order valence-electron chi connectivity index (χ3n) is 4.03. The molecule has 0 heterocycles. The Labute approximate surface area is 166 Å². The minimum Gasteiger partial charge on any atom is -0.457 e. The Morgan fingerprint density at radius 3 is 1.96 bits per heavy atom. The molecule has 0 radical (unpaired) electrons. The van der Waals surface area contributed by atoms with Crippen LogP contribution in [-0.2, 0) is 19.0 Å². The first-order valence-corrected chi connectivity index (χ1v) is 10.4. The van der Waals surface area contributed by atoms with Gasteiger partial charge in [-0.25, -0.2) is 0 Å². The molecule has 156 valence electrons. The number of hydrogen-bond donors (Lipinski definition) is 0. The first-order chi connectivity index (χ1) is 13.2. The number of carbonyl (C=O) groups excluding carboxylic acids is 1. The summed E-state index contributed by atoms with van der Waals surface area (Å²) in [5.41, 5.74) is 0. The molecule has 0 N–H and O–H groups in total. The molecule has 0 bridgehead atoms. The molecule has 27 heavy (non-hydrogen) atoms. The van der Waals surface area contributed by atoms with Gasteiger partial charge in [-0.3, -0.25) is 4.79 Å². The first-order valence-electron chi connectivity index (χ1n) is 10.4. The van der Waals surface area contributed by atoms with E-state index in [0.717, 1.165) is 38.5 Å². The number of unbranched alkanes of at least 4 members (excludes halogenated alkanes) is 5. The summed E-state index contributed by atoms with van der Waals surface area (Å²) in [7, 11) is 3.18. The van der Waals surface area contributed by atoms with E-state index in [1.54, 1.807) is 14.2 Å². The fourth-order valence-electron chi connectivity index (χ4n) is 2.62. The van der Waals surface area contributed by atoms with Crippen molar-refractivity contribution < 1.29 is 19.0 Å². The second kappa shape index (κ2) is 20.9. The van der Waals surface area contributed by atoms with Crippen molar-refractivity contribution in [3.05, 3.63) is 36.5 Å². The zero-order valence-corrected chi connectivity index (χ0v) is 17.7. The summed E-state index contributed by atoms with van der Waals surface area (Å²) < 4.78 is 15.4. The summed E-state index contributed by atoms with van der Waals surface area (Å²) in [4.78, 5) is 11.8. The lowest BCUT2D eigenvalue weighted by Gasteiger charge is -2.16. The third-order valence-corrected chi connectivity index (χ3v) is 4.03. The molecule has 0 aromatic rings. The molecule has 0 fully saturated rings. The minimum absolute atomic E-state index is 0.157. The van der Waals surface area contributed by atoms with Crippen LogP contribution in [0.25, 0.3) is 0 Å². The van der Waals surface area contributed by atoms with Gasteiger partial charge < -0.3 is 14.2 Å². The minimum atomic E-state index is -0.304. The molecule has 0 aliphatic carbocycles. The largest absolute Gasteiger partial charge is 0.457 e. The van der Waals surface area contributed by atoms with Crippen LogP contribution in [-0.4, -0.2) is 39.5 Å². The molecule has 0 aliphatic rings. The zero-order valence-electron chi connectivity index (χ0n) is 17.7. The lowest BCUT2D eigenvalue weighted by molar-refractivity contribution is -0.154. The van der Waals surface area contributed by atoms with E-state index >= 15 is 0 Å². The molecule has 0 unspecified atom stereocenters. The van der Waals surface area contributed by atoms with Gasteiger partial charge in [0.05, 0.1) is 13.2 Å².